The molecular weight excluding hydrogens is 144 g/mol. The van der Waals surface area contributed by atoms with Crippen LogP contribution in [0.1, 0.15) is 46.0 Å². The lowest BCUT2D eigenvalue weighted by Gasteiger charge is -2.02. The third kappa shape index (κ3) is 4.16. The first-order valence-electron chi connectivity index (χ1n) is 4.49. The first-order chi connectivity index (χ1) is 4.93. The van der Waals surface area contributed by atoms with Crippen LogP contribution in [0, 0.1) is 5.92 Å². The van der Waals surface area contributed by atoms with E-state index < -0.39 is 0 Å². The molecule has 1 saturated carbocycles. The van der Waals surface area contributed by atoms with E-state index >= 15 is 0 Å². The molecule has 0 radical (unpaired) electrons. The molecule has 1 fully saturated rings. The first-order valence-corrected chi connectivity index (χ1v) is 5.03. The van der Waals surface area contributed by atoms with E-state index in [1.165, 1.54) is 32.1 Å². The van der Waals surface area contributed by atoms with Crippen LogP contribution in [0.2, 0.25) is 0 Å². The van der Waals surface area contributed by atoms with Gasteiger partial charge in [-0.1, -0.05) is 39.5 Å². The van der Waals surface area contributed by atoms with E-state index in [9.17, 15) is 0 Å². The maximum atomic E-state index is 5.58. The van der Waals surface area contributed by atoms with Gasteiger partial charge in [-0.05, 0) is 12.3 Å². The summed E-state index contributed by atoms with van der Waals surface area (Å²) >= 11 is 5.58. The second-order valence-corrected chi connectivity index (χ2v) is 3.01. The zero-order valence-corrected chi connectivity index (χ0v) is 7.95. The largest absolute Gasteiger partial charge is 0.127 e. The predicted octanol–water partition coefficient (Wildman–Crippen LogP) is 3.83. The quantitative estimate of drug-likeness (QED) is 0.542. The van der Waals surface area contributed by atoms with Gasteiger partial charge in [-0.15, -0.1) is 11.6 Å². The third-order valence-electron chi connectivity index (χ3n) is 1.99. The molecule has 0 heterocycles. The Morgan fingerprint density at radius 1 is 1.20 bits per heavy atom. The number of rotatable bonds is 2. The summed E-state index contributed by atoms with van der Waals surface area (Å²) in [4.78, 5) is 0. The highest BCUT2D eigenvalue weighted by Gasteiger charge is 2.12. The summed E-state index contributed by atoms with van der Waals surface area (Å²) in [5.74, 6) is 1.84. The fourth-order valence-electron chi connectivity index (χ4n) is 1.45. The smallest absolute Gasteiger partial charge is 0.0226 e. The van der Waals surface area contributed by atoms with E-state index in [-0.39, 0.29) is 0 Å². The van der Waals surface area contributed by atoms with Crippen molar-refractivity contribution in [2.24, 2.45) is 5.92 Å². The Bertz CT molecular complexity index is 55.7. The molecule has 0 saturated heterocycles. The molecule has 0 atom stereocenters. The minimum atomic E-state index is 0.866. The molecule has 0 N–H and O–H groups in total. The molecule has 1 aliphatic rings. The second-order valence-electron chi connectivity index (χ2n) is 2.63. The molecule has 0 bridgehead atoms. The van der Waals surface area contributed by atoms with Crippen molar-refractivity contribution in [2.75, 3.05) is 5.88 Å². The molecule has 0 nitrogen and oxygen atoms in total. The summed E-state index contributed by atoms with van der Waals surface area (Å²) in [6, 6.07) is 0. The van der Waals surface area contributed by atoms with Gasteiger partial charge in [0.1, 0.15) is 0 Å². The molecule has 1 heteroatoms. The Morgan fingerprint density at radius 3 is 2.10 bits per heavy atom. The van der Waals surface area contributed by atoms with Gasteiger partial charge in [0.25, 0.3) is 0 Å². The average molecular weight is 163 g/mol. The van der Waals surface area contributed by atoms with Gasteiger partial charge in [-0.2, -0.15) is 0 Å². The SMILES string of the molecule is CC.ClCCC1CCCC1. The zero-order valence-electron chi connectivity index (χ0n) is 7.20. The van der Waals surface area contributed by atoms with E-state index in [0.29, 0.717) is 0 Å². The van der Waals surface area contributed by atoms with Crippen molar-refractivity contribution >= 4 is 11.6 Å². The standard InChI is InChI=1S/C7H13Cl.C2H6/c8-6-5-7-3-1-2-4-7;1-2/h7H,1-6H2;1-2H3. The van der Waals surface area contributed by atoms with Crippen molar-refractivity contribution in [3.05, 3.63) is 0 Å². The minimum Gasteiger partial charge on any atom is -0.127 e. The summed E-state index contributed by atoms with van der Waals surface area (Å²) in [6.45, 7) is 4.00. The molecule has 0 aliphatic heterocycles. The van der Waals surface area contributed by atoms with Gasteiger partial charge in [0.15, 0.2) is 0 Å². The van der Waals surface area contributed by atoms with Crippen molar-refractivity contribution in [1.82, 2.24) is 0 Å². The maximum absolute atomic E-state index is 5.58. The highest BCUT2D eigenvalue weighted by atomic mass is 35.5. The van der Waals surface area contributed by atoms with Gasteiger partial charge in [-0.3, -0.25) is 0 Å². The van der Waals surface area contributed by atoms with Crippen molar-refractivity contribution in [1.29, 1.82) is 0 Å². The molecule has 10 heavy (non-hydrogen) atoms. The fourth-order valence-corrected chi connectivity index (χ4v) is 1.76. The molecule has 0 aromatic carbocycles. The van der Waals surface area contributed by atoms with Gasteiger partial charge in [-0.25, -0.2) is 0 Å². The number of alkyl halides is 1. The van der Waals surface area contributed by atoms with Crippen LogP contribution < -0.4 is 0 Å². The lowest BCUT2D eigenvalue weighted by Crippen LogP contribution is -1.92. The maximum Gasteiger partial charge on any atom is 0.0226 e. The monoisotopic (exact) mass is 162 g/mol. The zero-order chi connectivity index (χ0) is 7.82. The molecule has 62 valence electrons. The first kappa shape index (κ1) is 10.3. The molecular formula is C9H19Cl. The van der Waals surface area contributed by atoms with Crippen molar-refractivity contribution < 1.29 is 0 Å². The van der Waals surface area contributed by atoms with Gasteiger partial charge < -0.3 is 0 Å². The van der Waals surface area contributed by atoms with Gasteiger partial charge in [0.2, 0.25) is 0 Å². The predicted molar refractivity (Wildman–Crippen MR) is 48.6 cm³/mol. The summed E-state index contributed by atoms with van der Waals surface area (Å²) in [6.07, 6.45) is 7.02. The van der Waals surface area contributed by atoms with E-state index in [4.69, 9.17) is 11.6 Å². The average Bonchev–Trinajstić information content (AvgIpc) is 2.46. The van der Waals surface area contributed by atoms with E-state index in [1.807, 2.05) is 13.8 Å². The van der Waals surface area contributed by atoms with Crippen LogP contribution in [0.15, 0.2) is 0 Å². The molecule has 0 aromatic rings. The molecule has 0 unspecified atom stereocenters. The summed E-state index contributed by atoms with van der Waals surface area (Å²) in [5.41, 5.74) is 0. The van der Waals surface area contributed by atoms with Crippen LogP contribution in [0.5, 0.6) is 0 Å². The topological polar surface area (TPSA) is 0 Å². The lowest BCUT2D eigenvalue weighted by molar-refractivity contribution is 0.533. The van der Waals surface area contributed by atoms with Gasteiger partial charge in [0, 0.05) is 5.88 Å². The Labute approximate surface area is 70.0 Å². The summed E-state index contributed by atoms with van der Waals surface area (Å²) in [7, 11) is 0. The van der Waals surface area contributed by atoms with Crippen LogP contribution in [0.3, 0.4) is 0 Å². The van der Waals surface area contributed by atoms with Gasteiger partial charge in [0.05, 0.1) is 0 Å². The van der Waals surface area contributed by atoms with E-state index in [2.05, 4.69) is 0 Å². The molecule has 0 spiro atoms. The lowest BCUT2D eigenvalue weighted by atomic mass is 10.1. The van der Waals surface area contributed by atoms with Crippen molar-refractivity contribution in [2.45, 2.75) is 46.0 Å². The Hall–Kier alpha value is 0.290. The van der Waals surface area contributed by atoms with Crippen molar-refractivity contribution in [3.63, 3.8) is 0 Å². The normalized spacial score (nSPS) is 18.3. The van der Waals surface area contributed by atoms with Crippen LogP contribution in [0.25, 0.3) is 0 Å². The molecule has 1 aliphatic carbocycles. The Kier molecular flexibility index (Phi) is 7.61. The second kappa shape index (κ2) is 7.40. The number of halogens is 1. The Balaban J connectivity index is 0.000000371. The Morgan fingerprint density at radius 2 is 1.70 bits per heavy atom. The van der Waals surface area contributed by atoms with E-state index in [0.717, 1.165) is 11.8 Å². The highest BCUT2D eigenvalue weighted by Crippen LogP contribution is 2.27. The molecule has 0 aromatic heterocycles. The molecule has 1 rings (SSSR count). The van der Waals surface area contributed by atoms with Crippen LogP contribution in [0.4, 0.5) is 0 Å². The number of hydrogen-bond donors (Lipinski definition) is 0. The highest BCUT2D eigenvalue weighted by molar-refractivity contribution is 6.17. The van der Waals surface area contributed by atoms with Crippen molar-refractivity contribution in [3.8, 4) is 0 Å². The summed E-state index contributed by atoms with van der Waals surface area (Å²) in [5, 5.41) is 0. The third-order valence-corrected chi connectivity index (χ3v) is 2.21. The number of hydrogen-bond acceptors (Lipinski definition) is 0. The van der Waals surface area contributed by atoms with E-state index in [1.54, 1.807) is 0 Å². The van der Waals surface area contributed by atoms with Gasteiger partial charge >= 0.3 is 0 Å². The fraction of sp³-hybridized carbons (Fsp3) is 1.00. The summed E-state index contributed by atoms with van der Waals surface area (Å²) < 4.78 is 0. The molecule has 0 amide bonds. The van der Waals surface area contributed by atoms with Crippen LogP contribution in [-0.2, 0) is 0 Å². The van der Waals surface area contributed by atoms with Crippen LogP contribution in [-0.4, -0.2) is 5.88 Å². The minimum absolute atomic E-state index is 0.866. The van der Waals surface area contributed by atoms with Crippen LogP contribution >= 0.6 is 11.6 Å².